The summed E-state index contributed by atoms with van der Waals surface area (Å²) in [6.45, 7) is 3.99. The summed E-state index contributed by atoms with van der Waals surface area (Å²) in [7, 11) is 1.58. The van der Waals surface area contributed by atoms with Crippen molar-refractivity contribution in [3.05, 3.63) is 22.2 Å². The Morgan fingerprint density at radius 3 is 2.79 bits per heavy atom. The van der Waals surface area contributed by atoms with Crippen LogP contribution in [0.3, 0.4) is 0 Å². The topological polar surface area (TPSA) is 64.4 Å². The van der Waals surface area contributed by atoms with Gasteiger partial charge in [-0.15, -0.1) is 0 Å². The zero-order chi connectivity index (χ0) is 14.4. The molecule has 0 aliphatic heterocycles. The Morgan fingerprint density at radius 1 is 1.53 bits per heavy atom. The van der Waals surface area contributed by atoms with Crippen LogP contribution in [0.4, 0.5) is 5.69 Å². The number of carbonyl (C=O) groups excluding carboxylic acids is 1. The van der Waals surface area contributed by atoms with Crippen molar-refractivity contribution in [2.45, 2.75) is 39.2 Å². The van der Waals surface area contributed by atoms with E-state index in [4.69, 9.17) is 10.5 Å². The van der Waals surface area contributed by atoms with Gasteiger partial charge in [-0.2, -0.15) is 0 Å². The van der Waals surface area contributed by atoms with Crippen LogP contribution in [0.25, 0.3) is 0 Å². The van der Waals surface area contributed by atoms with Gasteiger partial charge in [-0.3, -0.25) is 4.79 Å². The van der Waals surface area contributed by atoms with Gasteiger partial charge in [0.05, 0.1) is 18.8 Å². The van der Waals surface area contributed by atoms with Crippen molar-refractivity contribution in [1.82, 2.24) is 0 Å². The lowest BCUT2D eigenvalue weighted by Gasteiger charge is -2.16. The number of halogens is 1. The van der Waals surface area contributed by atoms with Crippen LogP contribution in [0.15, 0.2) is 16.6 Å². The van der Waals surface area contributed by atoms with Crippen LogP contribution in [0.1, 0.15) is 31.7 Å². The van der Waals surface area contributed by atoms with E-state index in [1.807, 2.05) is 19.1 Å². The lowest BCUT2D eigenvalue weighted by Crippen LogP contribution is -2.35. The summed E-state index contributed by atoms with van der Waals surface area (Å²) in [5.41, 5.74) is 7.48. The predicted molar refractivity (Wildman–Crippen MR) is 81.6 cm³/mol. The van der Waals surface area contributed by atoms with Gasteiger partial charge >= 0.3 is 0 Å². The highest BCUT2D eigenvalue weighted by atomic mass is 79.9. The number of ether oxygens (including phenoxy) is 1. The number of unbranched alkanes of at least 4 members (excludes halogenated alkanes) is 1. The van der Waals surface area contributed by atoms with E-state index >= 15 is 0 Å². The Bertz CT molecular complexity index is 449. The Balaban J connectivity index is 2.84. The molecule has 0 aliphatic carbocycles. The van der Waals surface area contributed by atoms with E-state index in [0.717, 1.165) is 22.9 Å². The number of hydrogen-bond donors (Lipinski definition) is 2. The quantitative estimate of drug-likeness (QED) is 0.842. The van der Waals surface area contributed by atoms with E-state index in [9.17, 15) is 4.79 Å². The summed E-state index contributed by atoms with van der Waals surface area (Å²) in [6.07, 6.45) is 2.67. The maximum atomic E-state index is 12.0. The first-order valence-electron chi connectivity index (χ1n) is 6.40. The van der Waals surface area contributed by atoms with Crippen molar-refractivity contribution >= 4 is 27.5 Å². The second-order valence-corrected chi connectivity index (χ2v) is 5.45. The fraction of sp³-hybridized carbons (Fsp3) is 0.500. The number of aryl methyl sites for hydroxylation is 1. The molecular weight excluding hydrogens is 308 g/mol. The average molecular weight is 329 g/mol. The van der Waals surface area contributed by atoms with Gasteiger partial charge in [0.1, 0.15) is 5.75 Å². The molecule has 0 unspecified atom stereocenters. The van der Waals surface area contributed by atoms with Crippen LogP contribution in [-0.2, 0) is 4.79 Å². The Morgan fingerprint density at radius 2 is 2.21 bits per heavy atom. The van der Waals surface area contributed by atoms with Crippen LogP contribution in [0.2, 0.25) is 0 Å². The molecule has 0 heterocycles. The van der Waals surface area contributed by atoms with Gasteiger partial charge in [0.15, 0.2) is 0 Å². The molecule has 0 aromatic heterocycles. The Kier molecular flexibility index (Phi) is 6.31. The lowest BCUT2D eigenvalue weighted by atomic mass is 10.1. The SMILES string of the molecule is CCCC[C@H](N)C(=O)Nc1c(C)cc(Br)cc1OC. The minimum Gasteiger partial charge on any atom is -0.495 e. The van der Waals surface area contributed by atoms with E-state index in [2.05, 4.69) is 28.2 Å². The molecule has 19 heavy (non-hydrogen) atoms. The number of methoxy groups -OCH3 is 1. The molecule has 106 valence electrons. The number of rotatable bonds is 6. The number of anilines is 1. The fourth-order valence-corrected chi connectivity index (χ4v) is 2.36. The smallest absolute Gasteiger partial charge is 0.241 e. The highest BCUT2D eigenvalue weighted by molar-refractivity contribution is 9.10. The monoisotopic (exact) mass is 328 g/mol. The van der Waals surface area contributed by atoms with Crippen LogP contribution in [-0.4, -0.2) is 19.1 Å². The molecular formula is C14H21BrN2O2. The molecule has 0 saturated carbocycles. The highest BCUT2D eigenvalue weighted by Gasteiger charge is 2.16. The van der Waals surface area contributed by atoms with Crippen molar-refractivity contribution < 1.29 is 9.53 Å². The number of nitrogens with one attached hydrogen (secondary N) is 1. The minimum absolute atomic E-state index is 0.169. The second-order valence-electron chi connectivity index (χ2n) is 4.54. The van der Waals surface area contributed by atoms with Gasteiger partial charge in [-0.05, 0) is 31.0 Å². The van der Waals surface area contributed by atoms with Crippen LogP contribution in [0.5, 0.6) is 5.75 Å². The molecule has 1 atom stereocenters. The average Bonchev–Trinajstić information content (AvgIpc) is 2.38. The zero-order valence-corrected chi connectivity index (χ0v) is 13.2. The molecule has 1 amide bonds. The summed E-state index contributed by atoms with van der Waals surface area (Å²) in [6, 6.07) is 3.27. The minimum atomic E-state index is -0.479. The van der Waals surface area contributed by atoms with Gasteiger partial charge < -0.3 is 15.8 Å². The third-order valence-electron chi connectivity index (χ3n) is 2.94. The maximum Gasteiger partial charge on any atom is 0.241 e. The lowest BCUT2D eigenvalue weighted by molar-refractivity contribution is -0.117. The summed E-state index contributed by atoms with van der Waals surface area (Å²) in [5, 5.41) is 2.86. The Labute approximate surface area is 122 Å². The molecule has 0 bridgehead atoms. The Hall–Kier alpha value is -1.07. The number of benzene rings is 1. The number of hydrogen-bond acceptors (Lipinski definition) is 3. The van der Waals surface area contributed by atoms with E-state index in [1.165, 1.54) is 0 Å². The van der Waals surface area contributed by atoms with Crippen LogP contribution < -0.4 is 15.8 Å². The van der Waals surface area contributed by atoms with E-state index in [0.29, 0.717) is 17.9 Å². The highest BCUT2D eigenvalue weighted by Crippen LogP contribution is 2.32. The summed E-state index contributed by atoms with van der Waals surface area (Å²) >= 11 is 3.40. The predicted octanol–water partition coefficient (Wildman–Crippen LogP) is 3.22. The zero-order valence-electron chi connectivity index (χ0n) is 11.6. The summed E-state index contributed by atoms with van der Waals surface area (Å²) in [5.74, 6) is 0.458. The van der Waals surface area contributed by atoms with Crippen LogP contribution >= 0.6 is 15.9 Å². The summed E-state index contributed by atoms with van der Waals surface area (Å²) in [4.78, 5) is 12.0. The van der Waals surface area contributed by atoms with E-state index in [1.54, 1.807) is 7.11 Å². The van der Waals surface area contributed by atoms with Crippen molar-refractivity contribution in [3.8, 4) is 5.75 Å². The first-order chi connectivity index (χ1) is 8.99. The first-order valence-corrected chi connectivity index (χ1v) is 7.19. The molecule has 0 saturated heterocycles. The molecule has 0 radical (unpaired) electrons. The van der Waals surface area contributed by atoms with Gasteiger partial charge in [0, 0.05) is 4.47 Å². The number of carbonyl (C=O) groups is 1. The van der Waals surface area contributed by atoms with Crippen LogP contribution in [0, 0.1) is 6.92 Å². The van der Waals surface area contributed by atoms with Gasteiger partial charge in [0.25, 0.3) is 0 Å². The molecule has 1 rings (SSSR count). The number of amides is 1. The van der Waals surface area contributed by atoms with Gasteiger partial charge in [-0.1, -0.05) is 35.7 Å². The molecule has 0 aliphatic rings. The molecule has 1 aromatic rings. The van der Waals surface area contributed by atoms with Crippen molar-refractivity contribution in [3.63, 3.8) is 0 Å². The number of nitrogens with two attached hydrogens (primary N) is 1. The molecule has 3 N–H and O–H groups in total. The second kappa shape index (κ2) is 7.50. The van der Waals surface area contributed by atoms with Gasteiger partial charge in [0.2, 0.25) is 5.91 Å². The van der Waals surface area contributed by atoms with Crippen molar-refractivity contribution in [1.29, 1.82) is 0 Å². The van der Waals surface area contributed by atoms with Gasteiger partial charge in [-0.25, -0.2) is 0 Å². The molecule has 1 aromatic carbocycles. The van der Waals surface area contributed by atoms with E-state index in [-0.39, 0.29) is 5.91 Å². The molecule has 0 fully saturated rings. The standard InChI is InChI=1S/C14H21BrN2O2/c1-4-5-6-11(16)14(18)17-13-9(2)7-10(15)8-12(13)19-3/h7-8,11H,4-6,16H2,1-3H3,(H,17,18)/t11-/m0/s1. The molecule has 0 spiro atoms. The maximum absolute atomic E-state index is 12.0. The fourth-order valence-electron chi connectivity index (χ4n) is 1.80. The largest absolute Gasteiger partial charge is 0.495 e. The normalized spacial score (nSPS) is 12.1. The first kappa shape index (κ1) is 16.0. The van der Waals surface area contributed by atoms with Crippen molar-refractivity contribution in [2.24, 2.45) is 5.73 Å². The summed E-state index contributed by atoms with van der Waals surface area (Å²) < 4.78 is 6.20. The molecule has 5 heteroatoms. The third-order valence-corrected chi connectivity index (χ3v) is 3.40. The van der Waals surface area contributed by atoms with E-state index < -0.39 is 6.04 Å². The van der Waals surface area contributed by atoms with Crippen molar-refractivity contribution in [2.75, 3.05) is 12.4 Å². The third kappa shape index (κ3) is 4.51. The molecule has 4 nitrogen and oxygen atoms in total.